The number of nitrogens with zero attached hydrogens (tertiary/aromatic N) is 1. The van der Waals surface area contributed by atoms with Crippen LogP contribution in [0.2, 0.25) is 5.02 Å². The number of benzene rings is 2. The van der Waals surface area contributed by atoms with Crippen LogP contribution in [0.5, 0.6) is 5.75 Å². The Hall–Kier alpha value is -2.09. The number of carbonyl (C=O) groups excluding carboxylic acids is 1. The third-order valence-electron chi connectivity index (χ3n) is 4.27. The second-order valence-corrected chi connectivity index (χ2v) is 8.31. The second-order valence-electron chi connectivity index (χ2n) is 6.02. The third-order valence-corrected chi connectivity index (χ3v) is 6.39. The van der Waals surface area contributed by atoms with E-state index in [0.717, 1.165) is 5.56 Å². The van der Waals surface area contributed by atoms with Gasteiger partial charge in [0.25, 0.3) is 0 Å². The number of sulfonamides is 1. The van der Waals surface area contributed by atoms with E-state index < -0.39 is 16.1 Å². The molecule has 6 nitrogen and oxygen atoms in total. The maximum atomic E-state index is 13.3. The lowest BCUT2D eigenvalue weighted by molar-refractivity contribution is -0.126. The minimum absolute atomic E-state index is 0.0562. The first kappa shape index (κ1) is 18.7. The lowest BCUT2D eigenvalue weighted by Gasteiger charge is -2.34. The van der Waals surface area contributed by atoms with Crippen molar-refractivity contribution >= 4 is 27.5 Å². The molecule has 0 saturated carbocycles. The van der Waals surface area contributed by atoms with E-state index in [9.17, 15) is 13.2 Å². The summed E-state index contributed by atoms with van der Waals surface area (Å²) in [4.78, 5) is 12.5. The van der Waals surface area contributed by atoms with Crippen LogP contribution in [0.1, 0.15) is 17.2 Å². The van der Waals surface area contributed by atoms with Crippen molar-refractivity contribution in [1.82, 2.24) is 9.62 Å². The second kappa shape index (κ2) is 7.26. The van der Waals surface area contributed by atoms with Gasteiger partial charge in [-0.2, -0.15) is 4.31 Å². The Morgan fingerprint density at radius 3 is 2.54 bits per heavy atom. The van der Waals surface area contributed by atoms with E-state index in [1.165, 1.54) is 23.5 Å². The molecule has 0 aromatic heterocycles. The summed E-state index contributed by atoms with van der Waals surface area (Å²) in [5.41, 5.74) is 1.63. The smallest absolute Gasteiger partial charge is 0.247 e. The highest BCUT2D eigenvalue weighted by Crippen LogP contribution is 2.35. The molecule has 1 atom stereocenters. The largest absolute Gasteiger partial charge is 0.495 e. The van der Waals surface area contributed by atoms with Gasteiger partial charge in [-0.05, 0) is 30.7 Å². The molecule has 1 amide bonds. The summed E-state index contributed by atoms with van der Waals surface area (Å²) < 4.78 is 33.0. The Labute approximate surface area is 157 Å². The summed E-state index contributed by atoms with van der Waals surface area (Å²) in [6.45, 7) is 2.32. The zero-order chi connectivity index (χ0) is 18.9. The van der Waals surface area contributed by atoms with Gasteiger partial charge in [-0.3, -0.25) is 4.79 Å². The van der Waals surface area contributed by atoms with Gasteiger partial charge in [0, 0.05) is 18.1 Å². The first-order valence-corrected chi connectivity index (χ1v) is 9.86. The molecule has 3 rings (SSSR count). The number of amides is 1. The van der Waals surface area contributed by atoms with Crippen molar-refractivity contribution in [3.63, 3.8) is 0 Å². The summed E-state index contributed by atoms with van der Waals surface area (Å²) in [7, 11) is -2.61. The molecule has 1 N–H and O–H groups in total. The number of halogens is 1. The molecular formula is C18H19ClN2O4S. The number of piperazine rings is 1. The van der Waals surface area contributed by atoms with Gasteiger partial charge < -0.3 is 10.1 Å². The normalized spacial score (nSPS) is 18.4. The first-order valence-electron chi connectivity index (χ1n) is 8.04. The number of aryl methyl sites for hydroxylation is 1. The van der Waals surface area contributed by atoms with Crippen molar-refractivity contribution < 1.29 is 17.9 Å². The number of hydrogen-bond acceptors (Lipinski definition) is 4. The maximum Gasteiger partial charge on any atom is 0.247 e. The first-order chi connectivity index (χ1) is 12.3. The molecule has 0 bridgehead atoms. The predicted molar refractivity (Wildman–Crippen MR) is 98.8 cm³/mol. The molecule has 1 aliphatic rings. The maximum absolute atomic E-state index is 13.3. The summed E-state index contributed by atoms with van der Waals surface area (Å²) in [5.74, 6) is -0.173. The lowest BCUT2D eigenvalue weighted by Crippen LogP contribution is -2.52. The van der Waals surface area contributed by atoms with Gasteiger partial charge in [-0.1, -0.05) is 41.4 Å². The van der Waals surface area contributed by atoms with E-state index in [-0.39, 0.29) is 34.7 Å². The third kappa shape index (κ3) is 3.42. The predicted octanol–water partition coefficient (Wildman–Crippen LogP) is 2.52. The summed E-state index contributed by atoms with van der Waals surface area (Å²) in [5, 5.41) is 3.01. The van der Waals surface area contributed by atoms with Crippen molar-refractivity contribution in [2.75, 3.05) is 20.2 Å². The van der Waals surface area contributed by atoms with Gasteiger partial charge in [0.15, 0.2) is 0 Å². The topological polar surface area (TPSA) is 75.7 Å². The molecular weight excluding hydrogens is 376 g/mol. The van der Waals surface area contributed by atoms with Crippen LogP contribution in [-0.2, 0) is 14.8 Å². The fourth-order valence-corrected chi connectivity index (χ4v) is 4.95. The van der Waals surface area contributed by atoms with Gasteiger partial charge in [0.2, 0.25) is 15.9 Å². The summed E-state index contributed by atoms with van der Waals surface area (Å²) >= 11 is 6.00. The minimum atomic E-state index is -4.00. The highest BCUT2D eigenvalue weighted by atomic mass is 35.5. The van der Waals surface area contributed by atoms with Crippen LogP contribution < -0.4 is 10.1 Å². The molecule has 0 aliphatic carbocycles. The summed E-state index contributed by atoms with van der Waals surface area (Å²) in [6.07, 6.45) is 0. The molecule has 2 aromatic carbocycles. The van der Waals surface area contributed by atoms with E-state index in [4.69, 9.17) is 16.3 Å². The number of rotatable bonds is 4. The monoisotopic (exact) mass is 394 g/mol. The molecule has 8 heteroatoms. The standard InChI is InChI=1S/C18H19ClN2O4S/c1-12-3-5-13(6-4-12)17-18(22)20-9-10-21(17)26(23,24)16-11-14(19)7-8-15(16)25-2/h3-8,11,17H,9-10H2,1-2H3,(H,20,22). The van der Waals surface area contributed by atoms with Gasteiger partial charge in [-0.25, -0.2) is 8.42 Å². The Balaban J connectivity index is 2.11. The van der Waals surface area contributed by atoms with Gasteiger partial charge >= 0.3 is 0 Å². The average molecular weight is 395 g/mol. The van der Waals surface area contributed by atoms with Crippen LogP contribution in [0.3, 0.4) is 0 Å². The van der Waals surface area contributed by atoms with Crippen LogP contribution in [0.4, 0.5) is 0 Å². The van der Waals surface area contributed by atoms with Gasteiger partial charge in [-0.15, -0.1) is 0 Å². The minimum Gasteiger partial charge on any atom is -0.495 e. The number of methoxy groups -OCH3 is 1. The number of hydrogen-bond donors (Lipinski definition) is 1. The Morgan fingerprint density at radius 1 is 1.19 bits per heavy atom. The highest BCUT2D eigenvalue weighted by Gasteiger charge is 2.40. The van der Waals surface area contributed by atoms with Crippen molar-refractivity contribution in [2.24, 2.45) is 0 Å². The average Bonchev–Trinajstić information content (AvgIpc) is 2.62. The molecule has 138 valence electrons. The van der Waals surface area contributed by atoms with Gasteiger partial charge in [0.05, 0.1) is 7.11 Å². The molecule has 2 aromatic rings. The van der Waals surface area contributed by atoms with Crippen LogP contribution in [0.15, 0.2) is 47.4 Å². The fourth-order valence-electron chi connectivity index (χ4n) is 2.95. The van der Waals surface area contributed by atoms with E-state index >= 15 is 0 Å². The highest BCUT2D eigenvalue weighted by molar-refractivity contribution is 7.89. The Bertz CT molecular complexity index is 929. The van der Waals surface area contributed by atoms with Crippen LogP contribution in [0.25, 0.3) is 0 Å². The zero-order valence-corrected chi connectivity index (χ0v) is 16.0. The Morgan fingerprint density at radius 2 is 1.88 bits per heavy atom. The molecule has 1 aliphatic heterocycles. The van der Waals surface area contributed by atoms with Crippen LogP contribution in [0, 0.1) is 6.92 Å². The quantitative estimate of drug-likeness (QED) is 0.864. The number of carbonyl (C=O) groups is 1. The molecule has 1 fully saturated rings. The molecule has 0 radical (unpaired) electrons. The van der Waals surface area contributed by atoms with Crippen molar-refractivity contribution in [3.05, 3.63) is 58.6 Å². The molecule has 1 saturated heterocycles. The molecule has 0 spiro atoms. The van der Waals surface area contributed by atoms with Crippen molar-refractivity contribution in [3.8, 4) is 5.75 Å². The SMILES string of the molecule is COc1ccc(Cl)cc1S(=O)(=O)N1CCNC(=O)C1c1ccc(C)cc1. The van der Waals surface area contributed by atoms with E-state index in [1.54, 1.807) is 18.2 Å². The van der Waals surface area contributed by atoms with Gasteiger partial charge in [0.1, 0.15) is 16.7 Å². The molecule has 1 heterocycles. The number of ether oxygens (including phenoxy) is 1. The lowest BCUT2D eigenvalue weighted by atomic mass is 10.0. The van der Waals surface area contributed by atoms with Crippen molar-refractivity contribution in [1.29, 1.82) is 0 Å². The van der Waals surface area contributed by atoms with E-state index in [2.05, 4.69) is 5.32 Å². The van der Waals surface area contributed by atoms with E-state index in [1.807, 2.05) is 19.1 Å². The zero-order valence-electron chi connectivity index (χ0n) is 14.4. The fraction of sp³-hybridized carbons (Fsp3) is 0.278. The molecule has 26 heavy (non-hydrogen) atoms. The van der Waals surface area contributed by atoms with Crippen LogP contribution in [-0.4, -0.2) is 38.8 Å². The number of nitrogens with one attached hydrogen (secondary N) is 1. The molecule has 1 unspecified atom stereocenters. The summed E-state index contributed by atoms with van der Waals surface area (Å²) in [6, 6.07) is 10.7. The van der Waals surface area contributed by atoms with Crippen LogP contribution >= 0.6 is 11.6 Å². The van der Waals surface area contributed by atoms with E-state index in [0.29, 0.717) is 5.56 Å². The van der Waals surface area contributed by atoms with Crippen molar-refractivity contribution in [2.45, 2.75) is 17.9 Å². The Kier molecular flexibility index (Phi) is 5.22.